The van der Waals surface area contributed by atoms with Crippen LogP contribution in [-0.2, 0) is 22.9 Å². The Morgan fingerprint density at radius 1 is 1.11 bits per heavy atom. The number of nitrogens with one attached hydrogen (secondary N) is 1. The van der Waals surface area contributed by atoms with E-state index in [-0.39, 0.29) is 12.5 Å². The van der Waals surface area contributed by atoms with Crippen LogP contribution in [0.2, 0.25) is 0 Å². The Labute approximate surface area is 159 Å². The number of pyridine rings is 1. The summed E-state index contributed by atoms with van der Waals surface area (Å²) in [5.74, 6) is 0.304. The molecule has 1 fully saturated rings. The molecule has 2 aromatic heterocycles. The van der Waals surface area contributed by atoms with Gasteiger partial charge in [0, 0.05) is 6.20 Å². The van der Waals surface area contributed by atoms with Crippen LogP contribution in [0.4, 0.5) is 13.2 Å². The molecule has 1 aliphatic rings. The number of hydrogen-bond donors (Lipinski definition) is 1. The maximum Gasteiger partial charge on any atom is 0.416 e. The highest BCUT2D eigenvalue weighted by atomic mass is 19.4. The van der Waals surface area contributed by atoms with Gasteiger partial charge in [0.05, 0.1) is 17.5 Å². The third kappa shape index (κ3) is 3.23. The molecule has 8 heteroatoms. The molecule has 0 radical (unpaired) electrons. The molecule has 0 saturated heterocycles. The Kier molecular flexibility index (Phi) is 4.56. The van der Waals surface area contributed by atoms with Crippen molar-refractivity contribution in [3.05, 3.63) is 65.6 Å². The highest BCUT2D eigenvalue weighted by Gasteiger charge is 2.43. The van der Waals surface area contributed by atoms with Crippen LogP contribution in [-0.4, -0.2) is 20.5 Å². The molecule has 0 spiro atoms. The van der Waals surface area contributed by atoms with Crippen LogP contribution in [0.3, 0.4) is 0 Å². The van der Waals surface area contributed by atoms with E-state index in [2.05, 4.69) is 15.5 Å². The third-order valence-corrected chi connectivity index (χ3v) is 5.43. The number of halogens is 3. The summed E-state index contributed by atoms with van der Waals surface area (Å²) in [6, 6.07) is 10.6. The number of fused-ring (bicyclic) bond motifs is 1. The van der Waals surface area contributed by atoms with Gasteiger partial charge < -0.3 is 5.32 Å². The van der Waals surface area contributed by atoms with Gasteiger partial charge in [-0.1, -0.05) is 37.1 Å². The quantitative estimate of drug-likeness (QED) is 0.738. The van der Waals surface area contributed by atoms with Crippen LogP contribution in [0.15, 0.2) is 48.7 Å². The van der Waals surface area contributed by atoms with Gasteiger partial charge in [0.1, 0.15) is 0 Å². The Bertz CT molecular complexity index is 1010. The Morgan fingerprint density at radius 2 is 1.89 bits per heavy atom. The number of alkyl halides is 3. The molecule has 4 rings (SSSR count). The Hall–Kier alpha value is -2.90. The standard InChI is InChI=1S/C20H19F3N4O/c21-20(22,23)15-7-5-6-14(12-15)19(9-2-3-10-19)18(28)24-13-17-26-25-16-8-1-4-11-27(16)17/h1,4-8,11-12H,2-3,9-10,13H2,(H,24,28). The molecule has 3 aromatic rings. The number of benzene rings is 1. The van der Waals surface area contributed by atoms with Crippen LogP contribution in [0, 0.1) is 0 Å². The normalized spacial score (nSPS) is 16.4. The lowest BCUT2D eigenvalue weighted by Gasteiger charge is -2.29. The number of carbonyl (C=O) groups excluding carboxylic acids is 1. The lowest BCUT2D eigenvalue weighted by Crippen LogP contribution is -2.42. The lowest BCUT2D eigenvalue weighted by molar-refractivity contribution is -0.138. The fourth-order valence-corrected chi connectivity index (χ4v) is 3.96. The first-order valence-electron chi connectivity index (χ1n) is 9.15. The first-order chi connectivity index (χ1) is 13.4. The van der Waals surface area contributed by atoms with E-state index in [0.717, 1.165) is 25.0 Å². The summed E-state index contributed by atoms with van der Waals surface area (Å²) in [6.45, 7) is 0.157. The van der Waals surface area contributed by atoms with Crippen LogP contribution in [0.1, 0.15) is 42.6 Å². The molecule has 1 saturated carbocycles. The average Bonchev–Trinajstić information content (AvgIpc) is 3.34. The summed E-state index contributed by atoms with van der Waals surface area (Å²) < 4.78 is 41.2. The molecule has 0 aliphatic heterocycles. The second-order valence-corrected chi connectivity index (χ2v) is 7.10. The fourth-order valence-electron chi connectivity index (χ4n) is 3.96. The second kappa shape index (κ2) is 6.92. The van der Waals surface area contributed by atoms with E-state index in [9.17, 15) is 18.0 Å². The minimum Gasteiger partial charge on any atom is -0.348 e. The predicted octanol–water partition coefficient (Wildman–Crippen LogP) is 3.88. The van der Waals surface area contributed by atoms with Gasteiger partial charge in [-0.15, -0.1) is 10.2 Å². The lowest BCUT2D eigenvalue weighted by atomic mass is 9.77. The van der Waals surface area contributed by atoms with Crippen LogP contribution in [0.25, 0.3) is 5.65 Å². The largest absolute Gasteiger partial charge is 0.416 e. The predicted molar refractivity (Wildman–Crippen MR) is 96.4 cm³/mol. The molecule has 1 N–H and O–H groups in total. The molecule has 0 bridgehead atoms. The van der Waals surface area contributed by atoms with Crippen molar-refractivity contribution in [2.75, 3.05) is 0 Å². The summed E-state index contributed by atoms with van der Waals surface area (Å²) in [7, 11) is 0. The van der Waals surface area contributed by atoms with Gasteiger partial charge in [0.25, 0.3) is 0 Å². The molecule has 1 aliphatic carbocycles. The summed E-state index contributed by atoms with van der Waals surface area (Å²) in [6.07, 6.45) is 0.0260. The molecule has 28 heavy (non-hydrogen) atoms. The molecular formula is C20H19F3N4O. The van der Waals surface area contributed by atoms with E-state index in [0.29, 0.717) is 29.9 Å². The zero-order valence-electron chi connectivity index (χ0n) is 15.0. The van der Waals surface area contributed by atoms with E-state index in [1.807, 2.05) is 12.1 Å². The first-order valence-corrected chi connectivity index (χ1v) is 9.15. The SMILES string of the molecule is O=C(NCc1nnc2ccccn12)C1(c2cccc(C(F)(F)F)c2)CCCC1. The molecular weight excluding hydrogens is 369 g/mol. The maximum absolute atomic E-state index is 13.1. The van der Waals surface area contributed by atoms with Crippen molar-refractivity contribution in [3.63, 3.8) is 0 Å². The van der Waals surface area contributed by atoms with Crippen LogP contribution < -0.4 is 5.32 Å². The summed E-state index contributed by atoms with van der Waals surface area (Å²) >= 11 is 0. The van der Waals surface area contributed by atoms with E-state index in [1.54, 1.807) is 22.7 Å². The summed E-state index contributed by atoms with van der Waals surface area (Å²) in [5, 5.41) is 11.0. The topological polar surface area (TPSA) is 59.3 Å². The van der Waals surface area contributed by atoms with Gasteiger partial charge in [0.15, 0.2) is 11.5 Å². The van der Waals surface area contributed by atoms with Gasteiger partial charge >= 0.3 is 6.18 Å². The molecule has 0 unspecified atom stereocenters. The number of aromatic nitrogens is 3. The van der Waals surface area contributed by atoms with Crippen LogP contribution >= 0.6 is 0 Å². The molecule has 2 heterocycles. The molecule has 0 atom stereocenters. The van der Waals surface area contributed by atoms with Gasteiger partial charge in [-0.25, -0.2) is 0 Å². The summed E-state index contributed by atoms with van der Waals surface area (Å²) in [4.78, 5) is 13.1. The van der Waals surface area contributed by atoms with E-state index < -0.39 is 17.2 Å². The first kappa shape index (κ1) is 18.5. The molecule has 1 amide bonds. The Morgan fingerprint density at radius 3 is 2.64 bits per heavy atom. The Balaban J connectivity index is 1.60. The highest BCUT2D eigenvalue weighted by Crippen LogP contribution is 2.43. The van der Waals surface area contributed by atoms with Crippen molar-refractivity contribution in [1.29, 1.82) is 0 Å². The van der Waals surface area contributed by atoms with E-state index in [1.165, 1.54) is 6.07 Å². The van der Waals surface area contributed by atoms with E-state index >= 15 is 0 Å². The minimum absolute atomic E-state index is 0.157. The molecule has 146 valence electrons. The van der Waals surface area contributed by atoms with Gasteiger partial charge in [-0.3, -0.25) is 9.20 Å². The monoisotopic (exact) mass is 388 g/mol. The number of amides is 1. The number of hydrogen-bond acceptors (Lipinski definition) is 3. The van der Waals surface area contributed by atoms with Gasteiger partial charge in [-0.05, 0) is 36.6 Å². The van der Waals surface area contributed by atoms with Crippen molar-refractivity contribution in [2.24, 2.45) is 0 Å². The van der Waals surface area contributed by atoms with Crippen molar-refractivity contribution in [3.8, 4) is 0 Å². The number of carbonyl (C=O) groups is 1. The third-order valence-electron chi connectivity index (χ3n) is 5.43. The van der Waals surface area contributed by atoms with Gasteiger partial charge in [-0.2, -0.15) is 13.2 Å². The molecule has 1 aromatic carbocycles. The van der Waals surface area contributed by atoms with Gasteiger partial charge in [0.2, 0.25) is 5.91 Å². The van der Waals surface area contributed by atoms with Crippen LogP contribution in [0.5, 0.6) is 0 Å². The second-order valence-electron chi connectivity index (χ2n) is 7.10. The smallest absolute Gasteiger partial charge is 0.348 e. The maximum atomic E-state index is 13.1. The zero-order valence-corrected chi connectivity index (χ0v) is 15.0. The average molecular weight is 388 g/mol. The van der Waals surface area contributed by atoms with Crippen molar-refractivity contribution >= 4 is 11.6 Å². The minimum atomic E-state index is -4.44. The van der Waals surface area contributed by atoms with Crippen molar-refractivity contribution in [1.82, 2.24) is 19.9 Å². The fraction of sp³-hybridized carbons (Fsp3) is 0.350. The molecule has 5 nitrogen and oxygen atoms in total. The summed E-state index contributed by atoms with van der Waals surface area (Å²) in [5.41, 5.74) is -0.585. The zero-order chi connectivity index (χ0) is 19.8. The van der Waals surface area contributed by atoms with E-state index in [4.69, 9.17) is 0 Å². The number of nitrogens with zero attached hydrogens (tertiary/aromatic N) is 3. The highest BCUT2D eigenvalue weighted by molar-refractivity contribution is 5.88. The van der Waals surface area contributed by atoms with Crippen molar-refractivity contribution < 1.29 is 18.0 Å². The number of rotatable bonds is 4. The van der Waals surface area contributed by atoms with Crippen molar-refractivity contribution in [2.45, 2.75) is 43.8 Å².